The lowest BCUT2D eigenvalue weighted by Gasteiger charge is -2.26. The summed E-state index contributed by atoms with van der Waals surface area (Å²) in [6.45, 7) is 4.44. The maximum Gasteiger partial charge on any atom is 0.264 e. The minimum absolute atomic E-state index is 0.292. The van der Waals surface area contributed by atoms with Gasteiger partial charge in [-0.1, -0.05) is 13.8 Å². The average Bonchev–Trinajstić information content (AvgIpc) is 2.72. The fourth-order valence-corrected chi connectivity index (χ4v) is 4.98. The molecule has 0 bridgehead atoms. The summed E-state index contributed by atoms with van der Waals surface area (Å²) in [4.78, 5) is 1.96. The Morgan fingerprint density at radius 3 is 2.21 bits per heavy atom. The van der Waals surface area contributed by atoms with Crippen LogP contribution in [-0.4, -0.2) is 40.0 Å². The number of aliphatic hydroxyl groups is 1. The molecule has 0 radical (unpaired) electrons. The fourth-order valence-electron chi connectivity index (χ4n) is 2.88. The van der Waals surface area contributed by atoms with Crippen molar-refractivity contribution in [3.05, 3.63) is 48.0 Å². The number of hydrogen-bond acceptors (Lipinski definition) is 6. The summed E-state index contributed by atoms with van der Waals surface area (Å²) in [7, 11) is 3.29. The molecule has 2 atom stereocenters. The maximum absolute atomic E-state index is 14.0. The van der Waals surface area contributed by atoms with Crippen molar-refractivity contribution in [2.75, 3.05) is 39.8 Å². The third kappa shape index (κ3) is 5.53. The van der Waals surface area contributed by atoms with Gasteiger partial charge in [0.2, 0.25) is 0 Å². The summed E-state index contributed by atoms with van der Waals surface area (Å²) >= 11 is 0. The van der Waals surface area contributed by atoms with Crippen molar-refractivity contribution in [3.8, 4) is 11.5 Å². The highest BCUT2D eigenvalue weighted by molar-refractivity contribution is 7.67. The van der Waals surface area contributed by atoms with Crippen molar-refractivity contribution in [1.82, 2.24) is 0 Å². The van der Waals surface area contributed by atoms with Gasteiger partial charge in [0.05, 0.1) is 20.8 Å². The standard InChI is InChI=1S/C22H32NO5P/c1-16(2)13-14-28-29(25,19-10-7-17(8-11-19)23(3)4)22(24)20-12-9-18(26-5)15-21(20)27-6/h7-12,15-16,22,24H,13-14H2,1-6H3/t22-,29+/m1/s1. The number of rotatable bonds is 10. The zero-order valence-corrected chi connectivity index (χ0v) is 19.0. The molecule has 0 aliphatic rings. The van der Waals surface area contributed by atoms with Crippen LogP contribution >= 0.6 is 7.37 Å². The molecule has 0 aliphatic carbocycles. The van der Waals surface area contributed by atoms with Gasteiger partial charge in [-0.25, -0.2) is 0 Å². The molecule has 0 saturated carbocycles. The number of benzene rings is 2. The van der Waals surface area contributed by atoms with Crippen LogP contribution in [0.5, 0.6) is 11.5 Å². The van der Waals surface area contributed by atoms with E-state index in [-0.39, 0.29) is 0 Å². The van der Waals surface area contributed by atoms with Crippen LogP contribution in [0.1, 0.15) is 31.7 Å². The van der Waals surface area contributed by atoms with Crippen LogP contribution in [0.25, 0.3) is 0 Å². The Morgan fingerprint density at radius 2 is 1.69 bits per heavy atom. The summed E-state index contributed by atoms with van der Waals surface area (Å²) in [6.07, 6.45) is 0.742. The van der Waals surface area contributed by atoms with E-state index in [0.29, 0.717) is 34.9 Å². The molecule has 6 nitrogen and oxygen atoms in total. The van der Waals surface area contributed by atoms with Crippen LogP contribution in [0, 0.1) is 5.92 Å². The lowest BCUT2D eigenvalue weighted by atomic mass is 10.2. The fraction of sp³-hybridized carbons (Fsp3) is 0.455. The monoisotopic (exact) mass is 421 g/mol. The van der Waals surface area contributed by atoms with Gasteiger partial charge in [0.1, 0.15) is 11.5 Å². The normalized spacial score (nSPS) is 14.3. The van der Waals surface area contributed by atoms with E-state index in [1.807, 2.05) is 31.1 Å². The van der Waals surface area contributed by atoms with Crippen LogP contribution in [0.15, 0.2) is 42.5 Å². The second-order valence-corrected chi connectivity index (χ2v) is 9.96. The molecule has 0 unspecified atom stereocenters. The smallest absolute Gasteiger partial charge is 0.264 e. The van der Waals surface area contributed by atoms with Crippen LogP contribution in [0.2, 0.25) is 0 Å². The Labute approximate surface area is 173 Å². The van der Waals surface area contributed by atoms with E-state index in [2.05, 4.69) is 13.8 Å². The molecular weight excluding hydrogens is 389 g/mol. The molecule has 7 heteroatoms. The van der Waals surface area contributed by atoms with Crippen molar-refractivity contribution < 1.29 is 23.7 Å². The lowest BCUT2D eigenvalue weighted by Crippen LogP contribution is -2.17. The molecule has 0 aliphatic heterocycles. The second-order valence-electron chi connectivity index (χ2n) is 7.51. The summed E-state index contributed by atoms with van der Waals surface area (Å²) in [6, 6.07) is 12.3. The minimum Gasteiger partial charge on any atom is -0.497 e. The number of aliphatic hydroxyl groups excluding tert-OH is 1. The maximum atomic E-state index is 14.0. The summed E-state index contributed by atoms with van der Waals surface area (Å²) in [5, 5.41) is 11.7. The van der Waals surface area contributed by atoms with Crippen LogP contribution in [0.4, 0.5) is 5.69 Å². The average molecular weight is 421 g/mol. The SMILES string of the molecule is COc1ccc([C@H](O)[P@@](=O)(OCCC(C)C)c2ccc(N(C)C)cc2)c(OC)c1. The van der Waals surface area contributed by atoms with Gasteiger partial charge in [-0.15, -0.1) is 0 Å². The van der Waals surface area contributed by atoms with Crippen molar-refractivity contribution in [2.45, 2.75) is 26.1 Å². The van der Waals surface area contributed by atoms with Gasteiger partial charge in [-0.05, 0) is 48.7 Å². The number of anilines is 1. The highest BCUT2D eigenvalue weighted by atomic mass is 31.2. The first-order chi connectivity index (χ1) is 13.7. The Morgan fingerprint density at radius 1 is 1.03 bits per heavy atom. The van der Waals surface area contributed by atoms with E-state index in [1.165, 1.54) is 7.11 Å². The first-order valence-corrected chi connectivity index (χ1v) is 11.3. The van der Waals surface area contributed by atoms with Crippen LogP contribution in [0.3, 0.4) is 0 Å². The molecule has 0 fully saturated rings. The lowest BCUT2D eigenvalue weighted by molar-refractivity contribution is 0.205. The highest BCUT2D eigenvalue weighted by Gasteiger charge is 2.38. The minimum atomic E-state index is -3.64. The molecule has 2 aromatic rings. The van der Waals surface area contributed by atoms with Gasteiger partial charge in [0, 0.05) is 36.7 Å². The number of nitrogens with zero attached hydrogens (tertiary/aromatic N) is 1. The van der Waals surface area contributed by atoms with Crippen molar-refractivity contribution in [2.24, 2.45) is 5.92 Å². The van der Waals surface area contributed by atoms with E-state index in [4.69, 9.17) is 14.0 Å². The molecule has 2 rings (SSSR count). The molecule has 0 amide bonds. The van der Waals surface area contributed by atoms with Crippen LogP contribution in [-0.2, 0) is 9.09 Å². The highest BCUT2D eigenvalue weighted by Crippen LogP contribution is 2.59. The third-order valence-electron chi connectivity index (χ3n) is 4.75. The number of hydrogen-bond donors (Lipinski definition) is 1. The molecule has 0 spiro atoms. The first-order valence-electron chi connectivity index (χ1n) is 9.65. The van der Waals surface area contributed by atoms with Gasteiger partial charge in [-0.3, -0.25) is 4.57 Å². The molecule has 0 aromatic heterocycles. The van der Waals surface area contributed by atoms with Crippen LogP contribution < -0.4 is 19.7 Å². The van der Waals surface area contributed by atoms with E-state index in [0.717, 1.165) is 12.1 Å². The van der Waals surface area contributed by atoms with E-state index in [9.17, 15) is 9.67 Å². The molecule has 0 heterocycles. The Hall–Kier alpha value is -2.01. The number of methoxy groups -OCH3 is 2. The zero-order valence-electron chi connectivity index (χ0n) is 18.1. The first kappa shape index (κ1) is 23.3. The molecule has 2 aromatic carbocycles. The van der Waals surface area contributed by atoms with Gasteiger partial charge < -0.3 is 24.0 Å². The second kappa shape index (κ2) is 10.1. The number of ether oxygens (including phenoxy) is 2. The van der Waals surface area contributed by atoms with Gasteiger partial charge in [-0.2, -0.15) is 0 Å². The van der Waals surface area contributed by atoms with Crippen molar-refractivity contribution in [3.63, 3.8) is 0 Å². The van der Waals surface area contributed by atoms with E-state index < -0.39 is 13.2 Å². The molecule has 160 valence electrons. The summed E-state index contributed by atoms with van der Waals surface area (Å²) in [5.41, 5.74) is 1.37. The molecule has 0 saturated heterocycles. The molecule has 1 N–H and O–H groups in total. The Bertz CT molecular complexity index is 836. The van der Waals surface area contributed by atoms with Crippen molar-refractivity contribution in [1.29, 1.82) is 0 Å². The molecule has 29 heavy (non-hydrogen) atoms. The van der Waals surface area contributed by atoms with Crippen molar-refractivity contribution >= 4 is 18.4 Å². The van der Waals surface area contributed by atoms with E-state index >= 15 is 0 Å². The topological polar surface area (TPSA) is 68.2 Å². The van der Waals surface area contributed by atoms with Gasteiger partial charge >= 0.3 is 0 Å². The predicted octanol–water partition coefficient (Wildman–Crippen LogP) is 4.43. The molecular formula is C22H32NO5P. The van der Waals surface area contributed by atoms with Gasteiger partial charge in [0.15, 0.2) is 5.85 Å². The predicted molar refractivity (Wildman–Crippen MR) is 118 cm³/mol. The Balaban J connectivity index is 2.47. The largest absolute Gasteiger partial charge is 0.497 e. The Kier molecular flexibility index (Phi) is 8.14. The van der Waals surface area contributed by atoms with Gasteiger partial charge in [0.25, 0.3) is 7.37 Å². The summed E-state index contributed by atoms with van der Waals surface area (Å²) < 4.78 is 30.6. The van der Waals surface area contributed by atoms with E-state index in [1.54, 1.807) is 37.4 Å². The third-order valence-corrected chi connectivity index (χ3v) is 7.25. The quantitative estimate of drug-likeness (QED) is 0.573. The summed E-state index contributed by atoms with van der Waals surface area (Å²) in [5.74, 6) is 0.0195. The zero-order chi connectivity index (χ0) is 21.6.